The summed E-state index contributed by atoms with van der Waals surface area (Å²) in [6.45, 7) is 3.99. The number of amides is 2. The lowest BCUT2D eigenvalue weighted by molar-refractivity contribution is -0.121. The van der Waals surface area contributed by atoms with Gasteiger partial charge < -0.3 is 10.6 Å². The van der Waals surface area contributed by atoms with Crippen LogP contribution >= 0.6 is 39.0 Å². The largest absolute Gasteiger partial charge is 0.325 e. The first-order valence-electron chi connectivity index (χ1n) is 9.12. The minimum absolute atomic E-state index is 0.108. The van der Waals surface area contributed by atoms with Gasteiger partial charge >= 0.3 is 0 Å². The number of rotatable bonds is 6. The number of aryl methyl sites for hydroxylation is 2. The van der Waals surface area contributed by atoms with Crippen LogP contribution < -0.4 is 10.6 Å². The Labute approximate surface area is 186 Å². The predicted molar refractivity (Wildman–Crippen MR) is 122 cm³/mol. The highest BCUT2D eigenvalue weighted by molar-refractivity contribution is 9.10. The van der Waals surface area contributed by atoms with Gasteiger partial charge in [0.1, 0.15) is 0 Å². The molecular formula is C21H20BrN3O2S2. The van der Waals surface area contributed by atoms with Crippen molar-refractivity contribution in [1.82, 2.24) is 5.32 Å². The Balaban J connectivity index is 1.75. The van der Waals surface area contributed by atoms with E-state index in [1.165, 1.54) is 23.1 Å². The number of nitrogens with one attached hydrogen (secondary N) is 2. The molecule has 0 spiro atoms. The third-order valence-electron chi connectivity index (χ3n) is 4.62. The molecule has 2 amide bonds. The molecule has 5 nitrogen and oxygen atoms in total. The van der Waals surface area contributed by atoms with Crippen molar-refractivity contribution >= 4 is 56.5 Å². The van der Waals surface area contributed by atoms with Crippen molar-refractivity contribution in [2.75, 3.05) is 11.1 Å². The maximum absolute atomic E-state index is 12.6. The molecule has 0 radical (unpaired) electrons. The minimum Gasteiger partial charge on any atom is -0.325 e. The quantitative estimate of drug-likeness (QED) is 0.591. The van der Waals surface area contributed by atoms with E-state index in [1.807, 2.05) is 43.5 Å². The highest BCUT2D eigenvalue weighted by Gasteiger charge is 2.30. The van der Waals surface area contributed by atoms with Crippen LogP contribution in [0.3, 0.4) is 0 Å². The normalized spacial score (nSPS) is 16.3. The second-order valence-corrected chi connectivity index (χ2v) is 9.50. The molecule has 0 saturated heterocycles. The van der Waals surface area contributed by atoms with Crippen molar-refractivity contribution in [3.8, 4) is 6.07 Å². The first-order valence-corrected chi connectivity index (χ1v) is 11.8. The van der Waals surface area contributed by atoms with Gasteiger partial charge in [-0.1, -0.05) is 40.7 Å². The average molecular weight is 490 g/mol. The fraction of sp³-hybridized carbons (Fsp3) is 0.286. The summed E-state index contributed by atoms with van der Waals surface area (Å²) in [5, 5.41) is 17.8. The van der Waals surface area contributed by atoms with E-state index in [1.54, 1.807) is 0 Å². The number of halogens is 1. The number of benzene rings is 1. The number of carbonyl (C=O) groups is 2. The number of thioether (sulfide) groups is 1. The molecule has 1 aliphatic rings. The summed E-state index contributed by atoms with van der Waals surface area (Å²) >= 11 is 6.21. The Morgan fingerprint density at radius 1 is 1.48 bits per heavy atom. The number of thiophene rings is 1. The second-order valence-electron chi connectivity index (χ2n) is 6.62. The van der Waals surface area contributed by atoms with Crippen molar-refractivity contribution in [2.24, 2.45) is 0 Å². The molecule has 0 aliphatic carbocycles. The fourth-order valence-corrected chi connectivity index (χ4v) is 5.58. The molecule has 3 rings (SSSR count). The van der Waals surface area contributed by atoms with E-state index in [0.717, 1.165) is 32.6 Å². The van der Waals surface area contributed by atoms with Crippen LogP contribution in [0.5, 0.6) is 0 Å². The first kappa shape index (κ1) is 21.6. The van der Waals surface area contributed by atoms with Gasteiger partial charge in [0.25, 0.3) is 0 Å². The molecular weight excluding hydrogens is 470 g/mol. The van der Waals surface area contributed by atoms with Gasteiger partial charge in [0, 0.05) is 27.4 Å². The zero-order valence-electron chi connectivity index (χ0n) is 16.0. The van der Waals surface area contributed by atoms with Crippen LogP contribution in [0.1, 0.15) is 35.3 Å². The van der Waals surface area contributed by atoms with Crippen LogP contribution in [0.2, 0.25) is 0 Å². The number of allylic oxidation sites excluding steroid dienone is 1. The minimum atomic E-state index is -0.250. The molecule has 1 aromatic heterocycles. The topological polar surface area (TPSA) is 82.0 Å². The van der Waals surface area contributed by atoms with Crippen LogP contribution in [0.25, 0.3) is 0 Å². The van der Waals surface area contributed by atoms with Crippen LogP contribution in [-0.2, 0) is 16.0 Å². The van der Waals surface area contributed by atoms with Gasteiger partial charge in [0.05, 0.1) is 22.4 Å². The Hall–Kier alpha value is -2.08. The maximum atomic E-state index is 12.6. The van der Waals surface area contributed by atoms with Crippen molar-refractivity contribution in [3.63, 3.8) is 0 Å². The van der Waals surface area contributed by atoms with E-state index in [-0.39, 0.29) is 29.9 Å². The Morgan fingerprint density at radius 2 is 2.28 bits per heavy atom. The lowest BCUT2D eigenvalue weighted by Gasteiger charge is -2.24. The number of nitriles is 1. The zero-order valence-corrected chi connectivity index (χ0v) is 19.3. The molecule has 1 atom stereocenters. The number of anilines is 1. The lowest BCUT2D eigenvalue weighted by Crippen LogP contribution is -2.31. The molecule has 0 unspecified atom stereocenters. The fourth-order valence-electron chi connectivity index (χ4n) is 3.25. The summed E-state index contributed by atoms with van der Waals surface area (Å²) in [7, 11) is 0. The molecule has 2 aromatic rings. The van der Waals surface area contributed by atoms with E-state index in [0.29, 0.717) is 10.6 Å². The third kappa shape index (κ3) is 5.10. The molecule has 1 aliphatic heterocycles. The van der Waals surface area contributed by atoms with Crippen LogP contribution in [0, 0.1) is 18.3 Å². The molecule has 0 bridgehead atoms. The molecule has 2 N–H and O–H groups in total. The van der Waals surface area contributed by atoms with Gasteiger partial charge in [0.2, 0.25) is 11.8 Å². The number of carbonyl (C=O) groups excluding carboxylic acids is 2. The van der Waals surface area contributed by atoms with Gasteiger partial charge in [-0.15, -0.1) is 11.3 Å². The van der Waals surface area contributed by atoms with Crippen molar-refractivity contribution < 1.29 is 9.59 Å². The van der Waals surface area contributed by atoms with Crippen LogP contribution in [-0.4, -0.2) is 17.6 Å². The summed E-state index contributed by atoms with van der Waals surface area (Å²) in [4.78, 5) is 25.7. The maximum Gasteiger partial charge on any atom is 0.234 e. The van der Waals surface area contributed by atoms with Crippen molar-refractivity contribution in [1.29, 1.82) is 5.26 Å². The smallest absolute Gasteiger partial charge is 0.234 e. The summed E-state index contributed by atoms with van der Waals surface area (Å²) in [5.74, 6) is -0.453. The van der Waals surface area contributed by atoms with Gasteiger partial charge in [-0.3, -0.25) is 9.59 Å². The first-order chi connectivity index (χ1) is 13.9. The molecule has 0 fully saturated rings. The highest BCUT2D eigenvalue weighted by Crippen LogP contribution is 2.37. The van der Waals surface area contributed by atoms with Gasteiger partial charge in [-0.2, -0.15) is 5.26 Å². The van der Waals surface area contributed by atoms with E-state index < -0.39 is 0 Å². The summed E-state index contributed by atoms with van der Waals surface area (Å²) in [5.41, 5.74) is 3.37. The highest BCUT2D eigenvalue weighted by atomic mass is 79.9. The van der Waals surface area contributed by atoms with E-state index >= 15 is 0 Å². The molecule has 8 heteroatoms. The van der Waals surface area contributed by atoms with Crippen LogP contribution in [0.4, 0.5) is 5.69 Å². The molecule has 0 saturated carbocycles. The monoisotopic (exact) mass is 489 g/mol. The zero-order chi connectivity index (χ0) is 21.0. The van der Waals surface area contributed by atoms with Crippen LogP contribution in [0.15, 0.2) is 44.7 Å². The van der Waals surface area contributed by atoms with Crippen molar-refractivity contribution in [2.45, 2.75) is 32.6 Å². The van der Waals surface area contributed by atoms with Gasteiger partial charge in [0.15, 0.2) is 0 Å². The average Bonchev–Trinajstić information content (AvgIpc) is 3.22. The summed E-state index contributed by atoms with van der Waals surface area (Å²) in [6.07, 6.45) is 1.04. The number of hydrogen-bond acceptors (Lipinski definition) is 5. The third-order valence-corrected chi connectivity index (χ3v) is 7.08. The number of nitrogens with zero attached hydrogens (tertiary/aromatic N) is 1. The van der Waals surface area contributed by atoms with Gasteiger partial charge in [-0.05, 0) is 48.1 Å². The van der Waals surface area contributed by atoms with E-state index in [9.17, 15) is 14.9 Å². The Morgan fingerprint density at radius 3 is 2.93 bits per heavy atom. The van der Waals surface area contributed by atoms with E-state index in [4.69, 9.17) is 0 Å². The van der Waals surface area contributed by atoms with Crippen molar-refractivity contribution in [3.05, 3.63) is 60.7 Å². The SMILES string of the molecule is CCc1cc(Br)cc(C)c1NC(=O)CSC1=C(C#N)[C@@H](c2cccs2)CC(=O)N1. The van der Waals surface area contributed by atoms with Gasteiger partial charge in [-0.25, -0.2) is 0 Å². The lowest BCUT2D eigenvalue weighted by atomic mass is 9.93. The van der Waals surface area contributed by atoms with E-state index in [2.05, 4.69) is 32.6 Å². The molecule has 150 valence electrons. The molecule has 1 aromatic carbocycles. The summed E-state index contributed by atoms with van der Waals surface area (Å²) in [6, 6.07) is 10.0. The second kappa shape index (κ2) is 9.61. The Bertz CT molecular complexity index is 1010. The molecule has 29 heavy (non-hydrogen) atoms. The summed E-state index contributed by atoms with van der Waals surface area (Å²) < 4.78 is 0.979. The molecule has 2 heterocycles. The standard InChI is InChI=1S/C21H20BrN3O2S2/c1-3-13-8-14(22)7-12(2)20(13)24-19(27)11-29-21-16(10-23)15(9-18(26)25-21)17-5-4-6-28-17/h4-8,15H,3,9,11H2,1-2H3,(H,24,27)(H,25,26)/t15-/m0/s1. The Kier molecular flexibility index (Phi) is 7.17. The number of hydrogen-bond donors (Lipinski definition) is 2. The predicted octanol–water partition coefficient (Wildman–Crippen LogP) is 5.09.